The van der Waals surface area contributed by atoms with Crippen molar-refractivity contribution < 1.29 is 12.8 Å². The molecule has 7 heteroatoms. The first-order valence-electron chi connectivity index (χ1n) is 10.4. The molecule has 0 aliphatic heterocycles. The molecule has 2 heterocycles. The summed E-state index contributed by atoms with van der Waals surface area (Å²) in [6.07, 6.45) is 5.76. The summed E-state index contributed by atoms with van der Waals surface area (Å²) < 4.78 is 43.4. The Labute approximate surface area is 177 Å². The molecular weight excluding hydrogens is 401 g/mol. The zero-order valence-corrected chi connectivity index (χ0v) is 18.7. The maximum Gasteiger partial charge on any atom is 0.238 e. The second-order valence-corrected chi connectivity index (χ2v) is 11.4. The number of halogens is 1. The molecule has 5 nitrogen and oxygen atoms in total. The molecule has 30 heavy (non-hydrogen) atoms. The van der Waals surface area contributed by atoms with Gasteiger partial charge in [0.2, 0.25) is 10.0 Å². The van der Waals surface area contributed by atoms with Crippen LogP contribution in [-0.4, -0.2) is 22.7 Å². The summed E-state index contributed by atoms with van der Waals surface area (Å²) in [4.78, 5) is 4.33. The molecule has 0 amide bonds. The minimum absolute atomic E-state index is 0.203. The normalized spacial score (nSPS) is 15.4. The van der Waals surface area contributed by atoms with Crippen molar-refractivity contribution in [2.24, 2.45) is 0 Å². The number of aromatic nitrogens is 2. The van der Waals surface area contributed by atoms with Crippen molar-refractivity contribution in [1.82, 2.24) is 9.55 Å². The second kappa shape index (κ2) is 7.38. The van der Waals surface area contributed by atoms with E-state index in [9.17, 15) is 12.8 Å². The lowest BCUT2D eigenvalue weighted by Crippen LogP contribution is -2.33. The van der Waals surface area contributed by atoms with Crippen molar-refractivity contribution in [1.29, 1.82) is 0 Å². The van der Waals surface area contributed by atoms with Crippen molar-refractivity contribution in [3.63, 3.8) is 0 Å². The number of anilines is 1. The van der Waals surface area contributed by atoms with Gasteiger partial charge in [-0.15, -0.1) is 0 Å². The Kier molecular flexibility index (Phi) is 5.12. The molecule has 4 rings (SSSR count). The third-order valence-corrected chi connectivity index (χ3v) is 8.01. The third kappa shape index (κ3) is 3.60. The summed E-state index contributed by atoms with van der Waals surface area (Å²) >= 11 is 0. The molecule has 1 aliphatic rings. The second-order valence-electron chi connectivity index (χ2n) is 9.00. The average molecular weight is 430 g/mol. The van der Waals surface area contributed by atoms with Gasteiger partial charge in [-0.3, -0.25) is 4.72 Å². The zero-order valence-electron chi connectivity index (χ0n) is 17.9. The number of fused-ring (bicyclic) bond motifs is 1. The highest BCUT2D eigenvalue weighted by molar-refractivity contribution is 7.94. The Bertz CT molecular complexity index is 1190. The number of aryl methyl sites for hydroxylation is 1. The fourth-order valence-corrected chi connectivity index (χ4v) is 4.40. The number of pyridine rings is 1. The lowest BCUT2D eigenvalue weighted by Gasteiger charge is -2.30. The molecule has 1 aliphatic carbocycles. The van der Waals surface area contributed by atoms with E-state index in [1.165, 1.54) is 6.42 Å². The maximum atomic E-state index is 14.8. The molecule has 1 saturated carbocycles. The number of nitrogens with one attached hydrogen (secondary N) is 1. The van der Waals surface area contributed by atoms with E-state index in [-0.39, 0.29) is 11.6 Å². The molecule has 1 fully saturated rings. The van der Waals surface area contributed by atoms with E-state index in [4.69, 9.17) is 0 Å². The van der Waals surface area contributed by atoms with Crippen LogP contribution in [0.25, 0.3) is 22.2 Å². The van der Waals surface area contributed by atoms with Gasteiger partial charge in [0.15, 0.2) is 0 Å². The van der Waals surface area contributed by atoms with E-state index in [2.05, 4.69) is 20.3 Å². The van der Waals surface area contributed by atoms with Gasteiger partial charge in [0, 0.05) is 23.2 Å². The first kappa shape index (κ1) is 20.8. The Morgan fingerprint density at radius 1 is 1.20 bits per heavy atom. The lowest BCUT2D eigenvalue weighted by atomic mass is 9.92. The zero-order chi connectivity index (χ0) is 21.7. The summed E-state index contributed by atoms with van der Waals surface area (Å²) in [5.74, 6) is 0.0746. The van der Waals surface area contributed by atoms with Crippen LogP contribution in [0.2, 0.25) is 0 Å². The van der Waals surface area contributed by atoms with E-state index in [0.29, 0.717) is 11.4 Å². The Morgan fingerprint density at radius 3 is 2.47 bits per heavy atom. The molecule has 1 aromatic carbocycles. The summed E-state index contributed by atoms with van der Waals surface area (Å²) in [5.41, 5.74) is 3.66. The smallest absolute Gasteiger partial charge is 0.238 e. The molecule has 0 radical (unpaired) electrons. The highest BCUT2D eigenvalue weighted by Crippen LogP contribution is 2.41. The fraction of sp³-hybridized carbons (Fsp3) is 0.435. The molecule has 0 saturated heterocycles. The van der Waals surface area contributed by atoms with Crippen LogP contribution in [0.15, 0.2) is 36.5 Å². The van der Waals surface area contributed by atoms with Gasteiger partial charge in [-0.25, -0.2) is 17.8 Å². The Balaban J connectivity index is 1.77. The van der Waals surface area contributed by atoms with E-state index >= 15 is 0 Å². The van der Waals surface area contributed by atoms with E-state index in [1.54, 1.807) is 39.1 Å². The van der Waals surface area contributed by atoms with E-state index in [0.717, 1.165) is 41.6 Å². The summed E-state index contributed by atoms with van der Waals surface area (Å²) in [5, 5.41) is 0.617. The van der Waals surface area contributed by atoms with Crippen molar-refractivity contribution in [3.05, 3.63) is 47.9 Å². The summed E-state index contributed by atoms with van der Waals surface area (Å²) in [6.45, 7) is 6.94. The average Bonchev–Trinajstić information content (AvgIpc) is 2.99. The molecule has 2 aromatic heterocycles. The van der Waals surface area contributed by atoms with Crippen molar-refractivity contribution >= 4 is 26.7 Å². The molecule has 1 N–H and O–H groups in total. The van der Waals surface area contributed by atoms with Crippen LogP contribution in [0, 0.1) is 5.82 Å². The van der Waals surface area contributed by atoms with E-state index in [1.807, 2.05) is 19.1 Å². The molecular formula is C23H28FN3O2S. The molecule has 0 unspecified atom stereocenters. The van der Waals surface area contributed by atoms with E-state index < -0.39 is 14.8 Å². The number of sulfonamides is 1. The first-order valence-corrected chi connectivity index (χ1v) is 11.9. The predicted octanol–water partition coefficient (Wildman–Crippen LogP) is 5.67. The van der Waals surface area contributed by atoms with Gasteiger partial charge in [-0.1, -0.05) is 6.92 Å². The molecule has 3 aromatic rings. The molecule has 0 atom stereocenters. The van der Waals surface area contributed by atoms with Gasteiger partial charge in [0.1, 0.15) is 11.6 Å². The summed E-state index contributed by atoms with van der Waals surface area (Å²) in [7, 11) is -3.55. The largest absolute Gasteiger partial charge is 0.337 e. The van der Waals surface area contributed by atoms with Gasteiger partial charge in [0.05, 0.1) is 16.0 Å². The lowest BCUT2D eigenvalue weighted by molar-refractivity contribution is 0.324. The number of hydrogen-bond acceptors (Lipinski definition) is 3. The van der Waals surface area contributed by atoms with Gasteiger partial charge in [-0.05, 0) is 82.3 Å². The van der Waals surface area contributed by atoms with Crippen LogP contribution in [0.5, 0.6) is 0 Å². The Hall–Kier alpha value is -2.41. The molecule has 160 valence electrons. The SMILES string of the molecule is CCc1cc(F)c2cc(-c3ccc(NS(=O)(=O)C(C)(C)C)nc3)n(C3CCC3)c2c1. The number of benzene rings is 1. The molecule has 0 bridgehead atoms. The van der Waals surface area contributed by atoms with Crippen LogP contribution < -0.4 is 4.72 Å². The van der Waals surface area contributed by atoms with Crippen LogP contribution in [0.4, 0.5) is 10.2 Å². The monoisotopic (exact) mass is 429 g/mol. The van der Waals surface area contributed by atoms with Crippen LogP contribution in [0.3, 0.4) is 0 Å². The highest BCUT2D eigenvalue weighted by Gasteiger charge is 2.29. The number of nitrogens with zero attached hydrogens (tertiary/aromatic N) is 2. The van der Waals surface area contributed by atoms with Crippen LogP contribution in [-0.2, 0) is 16.4 Å². The van der Waals surface area contributed by atoms with Crippen molar-refractivity contribution in [2.45, 2.75) is 64.2 Å². The van der Waals surface area contributed by atoms with Crippen molar-refractivity contribution in [2.75, 3.05) is 4.72 Å². The maximum absolute atomic E-state index is 14.8. The van der Waals surface area contributed by atoms with Crippen LogP contribution in [0.1, 0.15) is 58.6 Å². The quantitative estimate of drug-likeness (QED) is 0.568. The fourth-order valence-electron chi connectivity index (χ4n) is 3.70. The third-order valence-electron chi connectivity index (χ3n) is 5.92. The Morgan fingerprint density at radius 2 is 1.93 bits per heavy atom. The van der Waals surface area contributed by atoms with Gasteiger partial charge >= 0.3 is 0 Å². The van der Waals surface area contributed by atoms with Gasteiger partial charge in [0.25, 0.3) is 0 Å². The number of hydrogen-bond donors (Lipinski definition) is 1. The number of rotatable bonds is 5. The predicted molar refractivity (Wildman–Crippen MR) is 120 cm³/mol. The minimum atomic E-state index is -3.55. The molecule has 0 spiro atoms. The standard InChI is InChI=1S/C23H28FN3O2S/c1-5-15-11-19(24)18-13-20(27(21(18)12-15)17-7-6-8-17)16-9-10-22(25-14-16)26-30(28,29)23(2,3)4/h9-14,17H,5-8H2,1-4H3,(H,25,26). The van der Waals surface area contributed by atoms with Gasteiger partial charge < -0.3 is 4.57 Å². The first-order chi connectivity index (χ1) is 14.1. The van der Waals surface area contributed by atoms with Gasteiger partial charge in [-0.2, -0.15) is 0 Å². The summed E-state index contributed by atoms with van der Waals surface area (Å²) in [6, 6.07) is 9.44. The minimum Gasteiger partial charge on any atom is -0.337 e. The topological polar surface area (TPSA) is 64.0 Å². The van der Waals surface area contributed by atoms with Crippen molar-refractivity contribution in [3.8, 4) is 11.3 Å². The van der Waals surface area contributed by atoms with Crippen LogP contribution >= 0.6 is 0 Å². The highest BCUT2D eigenvalue weighted by atomic mass is 32.2.